The predicted molar refractivity (Wildman–Crippen MR) is 78.8 cm³/mol. The van der Waals surface area contributed by atoms with E-state index in [2.05, 4.69) is 0 Å². The zero-order valence-electron chi connectivity index (χ0n) is 12.5. The van der Waals surface area contributed by atoms with Gasteiger partial charge in [0.15, 0.2) is 11.6 Å². The van der Waals surface area contributed by atoms with Crippen molar-refractivity contribution in [3.63, 3.8) is 0 Å². The van der Waals surface area contributed by atoms with Gasteiger partial charge >= 0.3 is 0 Å². The molecule has 1 aromatic heterocycles. The molecule has 122 valence electrons. The minimum atomic E-state index is -1.03. The number of nitrogens with zero attached hydrogens (tertiary/aromatic N) is 1. The van der Waals surface area contributed by atoms with Crippen LogP contribution in [0.3, 0.4) is 0 Å². The highest BCUT2D eigenvalue weighted by Gasteiger charge is 2.28. The third-order valence-electron chi connectivity index (χ3n) is 3.97. The molecule has 4 nitrogen and oxygen atoms in total. The first-order valence-electron chi connectivity index (χ1n) is 7.51. The Morgan fingerprint density at radius 2 is 1.96 bits per heavy atom. The Labute approximate surface area is 132 Å². The average Bonchev–Trinajstić information content (AvgIpc) is 3.08. The van der Waals surface area contributed by atoms with Crippen molar-refractivity contribution in [3.05, 3.63) is 59.6 Å². The summed E-state index contributed by atoms with van der Waals surface area (Å²) in [4.78, 5) is 14.4. The molecule has 0 atom stereocenters. The molecule has 1 aliphatic heterocycles. The van der Waals surface area contributed by atoms with Crippen LogP contribution in [0.5, 0.6) is 0 Å². The Kier molecular flexibility index (Phi) is 4.71. The first kappa shape index (κ1) is 15.7. The topological polar surface area (TPSA) is 42.7 Å². The molecule has 3 rings (SSSR count). The van der Waals surface area contributed by atoms with Crippen molar-refractivity contribution in [2.75, 3.05) is 13.2 Å². The van der Waals surface area contributed by atoms with Crippen molar-refractivity contribution < 1.29 is 22.7 Å². The second-order valence-corrected chi connectivity index (χ2v) is 5.48. The Morgan fingerprint density at radius 1 is 1.17 bits per heavy atom. The maximum Gasteiger partial charge on any atom is 0.254 e. The molecule has 1 aromatic carbocycles. The first-order valence-corrected chi connectivity index (χ1v) is 7.51. The minimum absolute atomic E-state index is 0.0190. The minimum Gasteiger partial charge on any atom is -0.467 e. The van der Waals surface area contributed by atoms with Gasteiger partial charge in [-0.05, 0) is 43.2 Å². The largest absolute Gasteiger partial charge is 0.467 e. The van der Waals surface area contributed by atoms with E-state index in [1.807, 2.05) is 0 Å². The van der Waals surface area contributed by atoms with Crippen molar-refractivity contribution >= 4 is 5.91 Å². The van der Waals surface area contributed by atoms with Crippen LogP contribution in [0.15, 0.2) is 41.0 Å². The smallest absolute Gasteiger partial charge is 0.254 e. The lowest BCUT2D eigenvalue weighted by Crippen LogP contribution is -2.43. The van der Waals surface area contributed by atoms with Gasteiger partial charge in [0, 0.05) is 24.8 Å². The standard InChI is InChI=1S/C17H17F2NO3/c18-15-4-3-12(10-16(15)19)17(21)20(11-14-2-1-7-23-14)13-5-8-22-9-6-13/h1-4,7,10,13H,5-6,8-9,11H2. The number of hydrogen-bond acceptors (Lipinski definition) is 3. The van der Waals surface area contributed by atoms with E-state index in [4.69, 9.17) is 9.15 Å². The van der Waals surface area contributed by atoms with Gasteiger partial charge in [-0.1, -0.05) is 0 Å². The second-order valence-electron chi connectivity index (χ2n) is 5.48. The second kappa shape index (κ2) is 6.91. The van der Waals surface area contributed by atoms with Crippen LogP contribution in [0.4, 0.5) is 8.78 Å². The molecule has 1 amide bonds. The van der Waals surface area contributed by atoms with Gasteiger partial charge in [-0.2, -0.15) is 0 Å². The highest BCUT2D eigenvalue weighted by Crippen LogP contribution is 2.21. The van der Waals surface area contributed by atoms with Crippen molar-refractivity contribution in [1.29, 1.82) is 0 Å². The van der Waals surface area contributed by atoms with Crippen molar-refractivity contribution in [2.45, 2.75) is 25.4 Å². The van der Waals surface area contributed by atoms with Gasteiger partial charge in [0.1, 0.15) is 5.76 Å². The molecule has 23 heavy (non-hydrogen) atoms. The van der Waals surface area contributed by atoms with Gasteiger partial charge in [-0.25, -0.2) is 8.78 Å². The molecule has 0 unspecified atom stereocenters. The third-order valence-corrected chi connectivity index (χ3v) is 3.97. The van der Waals surface area contributed by atoms with E-state index in [1.54, 1.807) is 23.3 Å². The molecule has 0 spiro atoms. The van der Waals surface area contributed by atoms with Gasteiger partial charge in [-0.3, -0.25) is 4.79 Å². The number of hydrogen-bond donors (Lipinski definition) is 0. The molecule has 2 aromatic rings. The Balaban J connectivity index is 1.86. The van der Waals surface area contributed by atoms with Crippen LogP contribution in [0.1, 0.15) is 29.0 Å². The lowest BCUT2D eigenvalue weighted by Gasteiger charge is -2.34. The summed E-state index contributed by atoms with van der Waals surface area (Å²) in [6.07, 6.45) is 2.95. The summed E-state index contributed by atoms with van der Waals surface area (Å²) in [5.41, 5.74) is 0.127. The summed E-state index contributed by atoms with van der Waals surface area (Å²) < 4.78 is 37.2. The molecule has 0 radical (unpaired) electrons. The van der Waals surface area contributed by atoms with Gasteiger partial charge < -0.3 is 14.1 Å². The number of benzene rings is 1. The number of ether oxygens (including phenoxy) is 1. The maximum absolute atomic E-state index is 13.4. The molecule has 0 bridgehead atoms. The van der Waals surface area contributed by atoms with Crippen LogP contribution < -0.4 is 0 Å². The molecule has 0 saturated carbocycles. The van der Waals surface area contributed by atoms with Crippen LogP contribution in [0.25, 0.3) is 0 Å². The predicted octanol–water partition coefficient (Wildman–Crippen LogP) is 3.38. The average molecular weight is 321 g/mol. The quantitative estimate of drug-likeness (QED) is 0.867. The Hall–Kier alpha value is -2.21. The van der Waals surface area contributed by atoms with E-state index < -0.39 is 11.6 Å². The molecule has 6 heteroatoms. The summed E-state index contributed by atoms with van der Waals surface area (Å²) in [5, 5.41) is 0. The summed E-state index contributed by atoms with van der Waals surface area (Å²) >= 11 is 0. The molecule has 1 saturated heterocycles. The third kappa shape index (κ3) is 3.59. The number of rotatable bonds is 4. The van der Waals surface area contributed by atoms with E-state index >= 15 is 0 Å². The molecular formula is C17H17F2NO3. The van der Waals surface area contributed by atoms with E-state index in [9.17, 15) is 13.6 Å². The van der Waals surface area contributed by atoms with Gasteiger partial charge in [0.05, 0.1) is 12.8 Å². The highest BCUT2D eigenvalue weighted by molar-refractivity contribution is 5.94. The first-order chi connectivity index (χ1) is 11.1. The van der Waals surface area contributed by atoms with E-state index in [1.165, 1.54) is 6.07 Å². The van der Waals surface area contributed by atoms with E-state index in [-0.39, 0.29) is 24.1 Å². The summed E-state index contributed by atoms with van der Waals surface area (Å²) in [6.45, 7) is 1.43. The van der Waals surface area contributed by atoms with Crippen LogP contribution in [-0.4, -0.2) is 30.1 Å². The van der Waals surface area contributed by atoms with Crippen molar-refractivity contribution in [1.82, 2.24) is 4.90 Å². The van der Waals surface area contributed by atoms with Crippen molar-refractivity contribution in [2.24, 2.45) is 0 Å². The fourth-order valence-electron chi connectivity index (χ4n) is 2.73. The lowest BCUT2D eigenvalue weighted by atomic mass is 10.0. The summed E-state index contributed by atoms with van der Waals surface area (Å²) in [7, 11) is 0. The lowest BCUT2D eigenvalue weighted by molar-refractivity contribution is 0.0249. The van der Waals surface area contributed by atoms with Gasteiger partial charge in [0.2, 0.25) is 0 Å². The number of halogens is 2. The van der Waals surface area contributed by atoms with Crippen LogP contribution >= 0.6 is 0 Å². The maximum atomic E-state index is 13.4. The van der Waals surface area contributed by atoms with E-state index in [0.717, 1.165) is 12.1 Å². The van der Waals surface area contributed by atoms with E-state index in [0.29, 0.717) is 31.8 Å². The highest BCUT2D eigenvalue weighted by atomic mass is 19.2. The summed E-state index contributed by atoms with van der Waals surface area (Å²) in [6, 6.07) is 6.72. The number of amides is 1. The fraction of sp³-hybridized carbons (Fsp3) is 0.353. The molecule has 0 aliphatic carbocycles. The van der Waals surface area contributed by atoms with Crippen LogP contribution in [0, 0.1) is 11.6 Å². The number of furan rings is 1. The zero-order chi connectivity index (χ0) is 16.2. The number of carbonyl (C=O) groups is 1. The Morgan fingerprint density at radius 3 is 2.61 bits per heavy atom. The number of carbonyl (C=O) groups excluding carboxylic acids is 1. The fourth-order valence-corrected chi connectivity index (χ4v) is 2.73. The molecule has 0 N–H and O–H groups in total. The molecular weight excluding hydrogens is 304 g/mol. The normalized spacial score (nSPS) is 15.6. The van der Waals surface area contributed by atoms with Crippen LogP contribution in [-0.2, 0) is 11.3 Å². The van der Waals surface area contributed by atoms with Crippen molar-refractivity contribution in [3.8, 4) is 0 Å². The van der Waals surface area contributed by atoms with Gasteiger partial charge in [0.25, 0.3) is 5.91 Å². The monoisotopic (exact) mass is 321 g/mol. The van der Waals surface area contributed by atoms with Crippen LogP contribution in [0.2, 0.25) is 0 Å². The van der Waals surface area contributed by atoms with Gasteiger partial charge in [-0.15, -0.1) is 0 Å². The summed E-state index contributed by atoms with van der Waals surface area (Å²) in [5.74, 6) is -1.69. The Bertz CT molecular complexity index is 666. The zero-order valence-corrected chi connectivity index (χ0v) is 12.5. The molecule has 1 aliphatic rings. The SMILES string of the molecule is O=C(c1ccc(F)c(F)c1)N(Cc1ccco1)C1CCOCC1. The molecule has 1 fully saturated rings. The molecule has 2 heterocycles.